The molecule has 4 aromatic rings. The number of ether oxygens (including phenoxy) is 2. The highest BCUT2D eigenvalue weighted by Gasteiger charge is 2.19. The molecule has 0 aliphatic heterocycles. The molecule has 0 spiro atoms. The number of fused-ring (bicyclic) bond motifs is 1. The van der Waals surface area contributed by atoms with Gasteiger partial charge in [-0.15, -0.1) is 11.3 Å². The molecule has 0 bridgehead atoms. The summed E-state index contributed by atoms with van der Waals surface area (Å²) in [5.41, 5.74) is 4.61. The molecule has 2 aromatic heterocycles. The molecule has 35 heavy (non-hydrogen) atoms. The van der Waals surface area contributed by atoms with Crippen LogP contribution in [-0.4, -0.2) is 37.4 Å². The Morgan fingerprint density at radius 3 is 2.54 bits per heavy atom. The number of nitrogens with zero attached hydrogens (tertiary/aromatic N) is 1. The molecule has 0 unspecified atom stereocenters. The topological polar surface area (TPSA) is 77.5 Å². The third kappa shape index (κ3) is 5.09. The molecule has 0 saturated heterocycles. The Balaban J connectivity index is 1.60. The van der Waals surface area contributed by atoms with E-state index in [9.17, 15) is 9.59 Å². The van der Waals surface area contributed by atoms with Gasteiger partial charge in [0.25, 0.3) is 5.91 Å². The van der Waals surface area contributed by atoms with Crippen molar-refractivity contribution in [2.75, 3.05) is 20.8 Å². The van der Waals surface area contributed by atoms with Gasteiger partial charge in [0, 0.05) is 21.2 Å². The number of nitrogens with one attached hydrogen (secondary N) is 1. The minimum atomic E-state index is -0.381. The molecule has 4 rings (SSSR count). The lowest BCUT2D eigenvalue weighted by Gasteiger charge is -2.11. The lowest BCUT2D eigenvalue weighted by atomic mass is 10.0. The number of ketones is 1. The Kier molecular flexibility index (Phi) is 7.52. The van der Waals surface area contributed by atoms with Crippen LogP contribution < -0.4 is 14.8 Å². The summed E-state index contributed by atoms with van der Waals surface area (Å²) in [5.74, 6) is 0.322. The molecule has 6 nitrogen and oxygen atoms in total. The number of thiophene rings is 1. The molecule has 180 valence electrons. The Hall–Kier alpha value is -3.23. The predicted octanol–water partition coefficient (Wildman–Crippen LogP) is 6.23. The third-order valence-corrected chi connectivity index (χ3v) is 7.77. The van der Waals surface area contributed by atoms with Crippen molar-refractivity contribution in [3.8, 4) is 22.8 Å². The predicted molar refractivity (Wildman–Crippen MR) is 143 cm³/mol. The lowest BCUT2D eigenvalue weighted by molar-refractivity contribution is 0.0902. The van der Waals surface area contributed by atoms with Gasteiger partial charge < -0.3 is 14.8 Å². The standard InChI is InChI=1S/C27H25BrN2O4S/c1-5-16-11-19(21(31)14-29-27(32)17-9-10-22(33-3)23(13-17)34-4)30-20(12-16)24-18-8-6-7-15(2)25(18)35-26(24)28/h6-13H,5,14H2,1-4H3,(H,29,32). The molecular formula is C27H25BrN2O4S. The van der Waals surface area contributed by atoms with Crippen molar-refractivity contribution in [1.82, 2.24) is 10.3 Å². The van der Waals surface area contributed by atoms with Crippen LogP contribution in [0.25, 0.3) is 21.3 Å². The number of methoxy groups -OCH3 is 2. The highest BCUT2D eigenvalue weighted by Crippen LogP contribution is 2.43. The molecule has 0 radical (unpaired) electrons. The average Bonchev–Trinajstić information content (AvgIpc) is 3.23. The van der Waals surface area contributed by atoms with E-state index in [1.54, 1.807) is 35.6 Å². The van der Waals surface area contributed by atoms with E-state index in [0.717, 1.165) is 32.4 Å². The van der Waals surface area contributed by atoms with Gasteiger partial charge in [-0.3, -0.25) is 9.59 Å². The van der Waals surface area contributed by atoms with Crippen molar-refractivity contribution >= 4 is 49.0 Å². The van der Waals surface area contributed by atoms with Crippen molar-refractivity contribution in [2.24, 2.45) is 0 Å². The molecule has 0 atom stereocenters. The second-order valence-corrected chi connectivity index (χ2v) is 10.3. The van der Waals surface area contributed by atoms with Gasteiger partial charge in [0.05, 0.1) is 30.2 Å². The number of hydrogen-bond acceptors (Lipinski definition) is 6. The van der Waals surface area contributed by atoms with Crippen LogP contribution in [0.4, 0.5) is 0 Å². The monoisotopic (exact) mass is 552 g/mol. The Morgan fingerprint density at radius 1 is 1.06 bits per heavy atom. The second-order valence-electron chi connectivity index (χ2n) is 7.98. The van der Waals surface area contributed by atoms with Crippen molar-refractivity contribution in [3.05, 3.63) is 74.7 Å². The van der Waals surface area contributed by atoms with Gasteiger partial charge in [0.2, 0.25) is 0 Å². The van der Waals surface area contributed by atoms with E-state index in [1.165, 1.54) is 24.5 Å². The molecule has 0 aliphatic rings. The van der Waals surface area contributed by atoms with E-state index in [1.807, 2.05) is 19.1 Å². The summed E-state index contributed by atoms with van der Waals surface area (Å²) in [6.07, 6.45) is 0.756. The maximum Gasteiger partial charge on any atom is 0.251 e. The van der Waals surface area contributed by atoms with E-state index in [0.29, 0.717) is 22.8 Å². The van der Waals surface area contributed by atoms with Crippen LogP contribution in [-0.2, 0) is 6.42 Å². The van der Waals surface area contributed by atoms with Gasteiger partial charge in [-0.1, -0.05) is 25.1 Å². The molecule has 0 saturated carbocycles. The number of Topliss-reactive ketones (excluding diaryl/α,β-unsaturated/α-hetero) is 1. The fraction of sp³-hybridized carbons (Fsp3) is 0.222. The van der Waals surface area contributed by atoms with E-state index >= 15 is 0 Å². The summed E-state index contributed by atoms with van der Waals surface area (Å²) < 4.78 is 12.6. The maximum absolute atomic E-state index is 13.1. The van der Waals surface area contributed by atoms with Crippen molar-refractivity contribution in [1.29, 1.82) is 0 Å². The Morgan fingerprint density at radius 2 is 1.83 bits per heavy atom. The minimum absolute atomic E-state index is 0.169. The number of aryl methyl sites for hydroxylation is 2. The first-order valence-electron chi connectivity index (χ1n) is 11.1. The highest BCUT2D eigenvalue weighted by atomic mass is 79.9. The van der Waals surface area contributed by atoms with Gasteiger partial charge in [-0.25, -0.2) is 4.98 Å². The summed E-state index contributed by atoms with van der Waals surface area (Å²) >= 11 is 5.36. The average molecular weight is 553 g/mol. The zero-order valence-corrected chi connectivity index (χ0v) is 22.3. The molecule has 8 heteroatoms. The number of carbonyl (C=O) groups excluding carboxylic acids is 2. The summed E-state index contributed by atoms with van der Waals surface area (Å²) in [5, 5.41) is 3.79. The highest BCUT2D eigenvalue weighted by molar-refractivity contribution is 9.11. The number of rotatable bonds is 8. The fourth-order valence-electron chi connectivity index (χ4n) is 3.86. The molecule has 0 aliphatic carbocycles. The quantitative estimate of drug-likeness (QED) is 0.262. The maximum atomic E-state index is 13.1. The summed E-state index contributed by atoms with van der Waals surface area (Å²) in [6, 6.07) is 14.9. The first-order chi connectivity index (χ1) is 16.9. The van der Waals surface area contributed by atoms with E-state index in [2.05, 4.69) is 40.3 Å². The van der Waals surface area contributed by atoms with Crippen LogP contribution in [0.1, 0.15) is 38.9 Å². The summed E-state index contributed by atoms with van der Waals surface area (Å²) in [7, 11) is 3.03. The zero-order valence-electron chi connectivity index (χ0n) is 19.9. The number of halogens is 1. The molecule has 2 heterocycles. The lowest BCUT2D eigenvalue weighted by Crippen LogP contribution is -2.30. The smallest absolute Gasteiger partial charge is 0.251 e. The largest absolute Gasteiger partial charge is 0.493 e. The SMILES string of the molecule is CCc1cc(C(=O)CNC(=O)c2ccc(OC)c(OC)c2)nc(-c2c(Br)sc3c(C)cccc23)c1. The molecule has 0 fully saturated rings. The zero-order chi connectivity index (χ0) is 25.1. The number of carbonyl (C=O) groups is 2. The van der Waals surface area contributed by atoms with Gasteiger partial charge in [0.15, 0.2) is 17.3 Å². The van der Waals surface area contributed by atoms with E-state index in [-0.39, 0.29) is 18.2 Å². The van der Waals surface area contributed by atoms with Gasteiger partial charge in [-0.2, -0.15) is 0 Å². The Labute approximate surface area is 216 Å². The normalized spacial score (nSPS) is 10.9. The fourth-order valence-corrected chi connectivity index (χ4v) is 5.77. The molecule has 2 aromatic carbocycles. The van der Waals surface area contributed by atoms with Crippen LogP contribution in [0.3, 0.4) is 0 Å². The van der Waals surface area contributed by atoms with Gasteiger partial charge in [-0.05, 0) is 70.7 Å². The number of benzene rings is 2. The van der Waals surface area contributed by atoms with Crippen LogP contribution in [0.5, 0.6) is 11.5 Å². The number of amides is 1. The van der Waals surface area contributed by atoms with E-state index < -0.39 is 0 Å². The Bertz CT molecular complexity index is 1430. The molecule has 1 N–H and O–H groups in total. The van der Waals surface area contributed by atoms with Crippen molar-refractivity contribution in [2.45, 2.75) is 20.3 Å². The van der Waals surface area contributed by atoms with Crippen LogP contribution in [0.15, 0.2) is 52.3 Å². The number of aromatic nitrogens is 1. The first-order valence-corrected chi connectivity index (χ1v) is 12.7. The van der Waals surface area contributed by atoms with Gasteiger partial charge >= 0.3 is 0 Å². The van der Waals surface area contributed by atoms with Crippen LogP contribution in [0, 0.1) is 6.92 Å². The van der Waals surface area contributed by atoms with Gasteiger partial charge in [0.1, 0.15) is 5.69 Å². The second kappa shape index (κ2) is 10.6. The minimum Gasteiger partial charge on any atom is -0.493 e. The van der Waals surface area contributed by atoms with Crippen LogP contribution >= 0.6 is 27.3 Å². The summed E-state index contributed by atoms with van der Waals surface area (Å²) in [6.45, 7) is 3.95. The van der Waals surface area contributed by atoms with Crippen molar-refractivity contribution < 1.29 is 19.1 Å². The van der Waals surface area contributed by atoms with E-state index in [4.69, 9.17) is 14.5 Å². The number of hydrogen-bond donors (Lipinski definition) is 1. The molecular weight excluding hydrogens is 528 g/mol. The third-order valence-electron chi connectivity index (χ3n) is 5.76. The summed E-state index contributed by atoms with van der Waals surface area (Å²) in [4.78, 5) is 30.4. The molecule has 1 amide bonds. The number of pyridine rings is 1. The van der Waals surface area contributed by atoms with Crippen LogP contribution in [0.2, 0.25) is 0 Å². The first kappa shape index (κ1) is 24.9. The van der Waals surface area contributed by atoms with Crippen molar-refractivity contribution in [3.63, 3.8) is 0 Å².